The van der Waals surface area contributed by atoms with Crippen LogP contribution in [0.2, 0.25) is 0 Å². The third-order valence-electron chi connectivity index (χ3n) is 3.52. The molecule has 0 bridgehead atoms. The molecule has 4 heteroatoms. The zero-order valence-electron chi connectivity index (χ0n) is 12.8. The summed E-state index contributed by atoms with van der Waals surface area (Å²) >= 11 is 0. The average molecular weight is 286 g/mol. The molecule has 0 saturated carbocycles. The van der Waals surface area contributed by atoms with Gasteiger partial charge in [-0.05, 0) is 49.4 Å². The summed E-state index contributed by atoms with van der Waals surface area (Å²) in [4.78, 5) is 4.01. The number of rotatable bonds is 7. The first kappa shape index (κ1) is 15.3. The predicted octanol–water partition coefficient (Wildman–Crippen LogP) is 2.99. The molecule has 1 aromatic heterocycles. The topological polar surface area (TPSA) is 43.4 Å². The molecule has 0 saturated heterocycles. The molecule has 0 aliphatic rings. The molecule has 4 nitrogen and oxygen atoms in total. The van der Waals surface area contributed by atoms with Crippen molar-refractivity contribution in [2.45, 2.75) is 19.4 Å². The van der Waals surface area contributed by atoms with Crippen LogP contribution in [0.3, 0.4) is 0 Å². The molecule has 0 radical (unpaired) electrons. The van der Waals surface area contributed by atoms with Crippen molar-refractivity contribution in [1.82, 2.24) is 10.3 Å². The molecular formula is C17H22N2O2. The molecule has 0 aliphatic carbocycles. The predicted molar refractivity (Wildman–Crippen MR) is 83.9 cm³/mol. The normalized spacial score (nSPS) is 12.0. The fourth-order valence-corrected chi connectivity index (χ4v) is 2.07. The molecule has 0 fully saturated rings. The van der Waals surface area contributed by atoms with E-state index in [0.29, 0.717) is 6.61 Å². The zero-order valence-corrected chi connectivity index (χ0v) is 12.8. The number of benzene rings is 1. The summed E-state index contributed by atoms with van der Waals surface area (Å²) in [6, 6.07) is 10.3. The minimum Gasteiger partial charge on any atom is -0.493 e. The summed E-state index contributed by atoms with van der Waals surface area (Å²) in [5.74, 6) is 1.54. The lowest BCUT2D eigenvalue weighted by atomic mass is 10.1. The van der Waals surface area contributed by atoms with Gasteiger partial charge in [0.1, 0.15) is 0 Å². The van der Waals surface area contributed by atoms with Crippen LogP contribution in [0.25, 0.3) is 0 Å². The van der Waals surface area contributed by atoms with Gasteiger partial charge in [0, 0.05) is 24.9 Å². The van der Waals surface area contributed by atoms with E-state index in [9.17, 15) is 0 Å². The van der Waals surface area contributed by atoms with Gasteiger partial charge in [-0.2, -0.15) is 0 Å². The van der Waals surface area contributed by atoms with Crippen molar-refractivity contribution >= 4 is 0 Å². The highest BCUT2D eigenvalue weighted by Gasteiger charge is 2.09. The van der Waals surface area contributed by atoms with Crippen molar-refractivity contribution < 1.29 is 9.47 Å². The number of aromatic nitrogens is 1. The molecule has 0 amide bonds. The Balaban J connectivity index is 1.99. The second kappa shape index (κ2) is 7.64. The molecule has 1 atom stereocenters. The first-order chi connectivity index (χ1) is 10.2. The van der Waals surface area contributed by atoms with Crippen molar-refractivity contribution in [1.29, 1.82) is 0 Å². The molecule has 0 spiro atoms. The van der Waals surface area contributed by atoms with E-state index in [0.717, 1.165) is 17.9 Å². The van der Waals surface area contributed by atoms with Crippen molar-refractivity contribution in [2.75, 3.05) is 20.8 Å². The SMILES string of the molecule is CNC(C)c1ccc(OCCc2ccncc2)c(OC)c1. The minimum absolute atomic E-state index is 0.282. The van der Waals surface area contributed by atoms with Crippen LogP contribution < -0.4 is 14.8 Å². The molecule has 0 aliphatic heterocycles. The molecule has 2 aromatic rings. The lowest BCUT2D eigenvalue weighted by molar-refractivity contribution is 0.297. The van der Waals surface area contributed by atoms with Crippen molar-refractivity contribution in [3.05, 3.63) is 53.9 Å². The number of hydrogen-bond donors (Lipinski definition) is 1. The van der Waals surface area contributed by atoms with Crippen LogP contribution in [0.5, 0.6) is 11.5 Å². The average Bonchev–Trinajstić information content (AvgIpc) is 2.55. The summed E-state index contributed by atoms with van der Waals surface area (Å²) < 4.78 is 11.3. The Kier molecular flexibility index (Phi) is 5.58. The van der Waals surface area contributed by atoms with Crippen LogP contribution in [0.15, 0.2) is 42.7 Å². The molecule has 2 rings (SSSR count). The van der Waals surface area contributed by atoms with Gasteiger partial charge in [0.15, 0.2) is 11.5 Å². The number of methoxy groups -OCH3 is 1. The Bertz CT molecular complexity index is 558. The minimum atomic E-state index is 0.282. The van der Waals surface area contributed by atoms with Crippen LogP contribution >= 0.6 is 0 Å². The summed E-state index contributed by atoms with van der Waals surface area (Å²) in [5.41, 5.74) is 2.39. The van der Waals surface area contributed by atoms with E-state index >= 15 is 0 Å². The number of nitrogens with one attached hydrogen (secondary N) is 1. The molecule has 1 heterocycles. The fraction of sp³-hybridized carbons (Fsp3) is 0.353. The van der Waals surface area contributed by atoms with Crippen molar-refractivity contribution in [3.8, 4) is 11.5 Å². The fourth-order valence-electron chi connectivity index (χ4n) is 2.07. The maximum Gasteiger partial charge on any atom is 0.161 e. The molecule has 1 N–H and O–H groups in total. The smallest absolute Gasteiger partial charge is 0.161 e. The third kappa shape index (κ3) is 4.20. The zero-order chi connectivity index (χ0) is 15.1. The number of ether oxygens (including phenoxy) is 2. The van der Waals surface area contributed by atoms with E-state index in [1.807, 2.05) is 31.3 Å². The van der Waals surface area contributed by atoms with Gasteiger partial charge in [0.25, 0.3) is 0 Å². The molecule has 1 aromatic carbocycles. The molecular weight excluding hydrogens is 264 g/mol. The van der Waals surface area contributed by atoms with Crippen molar-refractivity contribution in [2.24, 2.45) is 0 Å². The second-order valence-corrected chi connectivity index (χ2v) is 4.87. The van der Waals surface area contributed by atoms with Gasteiger partial charge in [0.2, 0.25) is 0 Å². The quantitative estimate of drug-likeness (QED) is 0.849. The Morgan fingerprint density at radius 1 is 1.14 bits per heavy atom. The van der Waals surface area contributed by atoms with Crippen LogP contribution in [0.4, 0.5) is 0 Å². The second-order valence-electron chi connectivity index (χ2n) is 4.87. The van der Waals surface area contributed by atoms with Gasteiger partial charge in [-0.3, -0.25) is 4.98 Å². The van der Waals surface area contributed by atoms with E-state index in [-0.39, 0.29) is 6.04 Å². The first-order valence-corrected chi connectivity index (χ1v) is 7.11. The third-order valence-corrected chi connectivity index (χ3v) is 3.52. The van der Waals surface area contributed by atoms with Gasteiger partial charge in [-0.15, -0.1) is 0 Å². The van der Waals surface area contributed by atoms with E-state index in [1.165, 1.54) is 11.1 Å². The van der Waals surface area contributed by atoms with Crippen LogP contribution in [-0.4, -0.2) is 25.7 Å². The van der Waals surface area contributed by atoms with Crippen LogP contribution in [-0.2, 0) is 6.42 Å². The van der Waals surface area contributed by atoms with Gasteiger partial charge in [0.05, 0.1) is 13.7 Å². The Hall–Kier alpha value is -2.07. The number of pyridine rings is 1. The monoisotopic (exact) mass is 286 g/mol. The summed E-state index contributed by atoms with van der Waals surface area (Å²) in [6.45, 7) is 2.72. The Labute approximate surface area is 126 Å². The maximum absolute atomic E-state index is 5.83. The van der Waals surface area contributed by atoms with Crippen LogP contribution in [0, 0.1) is 0 Å². The Morgan fingerprint density at radius 2 is 1.90 bits per heavy atom. The lowest BCUT2D eigenvalue weighted by Gasteiger charge is -2.15. The highest BCUT2D eigenvalue weighted by atomic mass is 16.5. The Morgan fingerprint density at radius 3 is 2.57 bits per heavy atom. The largest absolute Gasteiger partial charge is 0.493 e. The molecule has 1 unspecified atom stereocenters. The summed E-state index contributed by atoms with van der Waals surface area (Å²) in [6.07, 6.45) is 4.44. The van der Waals surface area contributed by atoms with Gasteiger partial charge >= 0.3 is 0 Å². The number of nitrogens with zero attached hydrogens (tertiary/aromatic N) is 1. The van der Waals surface area contributed by atoms with Gasteiger partial charge in [-0.1, -0.05) is 6.07 Å². The standard InChI is InChI=1S/C17H22N2O2/c1-13(18-2)15-4-5-16(17(12-15)20-3)21-11-8-14-6-9-19-10-7-14/h4-7,9-10,12-13,18H,8,11H2,1-3H3. The highest BCUT2D eigenvalue weighted by Crippen LogP contribution is 2.30. The highest BCUT2D eigenvalue weighted by molar-refractivity contribution is 5.43. The lowest BCUT2D eigenvalue weighted by Crippen LogP contribution is -2.12. The van der Waals surface area contributed by atoms with E-state index < -0.39 is 0 Å². The maximum atomic E-state index is 5.83. The summed E-state index contributed by atoms with van der Waals surface area (Å²) in [7, 11) is 3.61. The molecule has 112 valence electrons. The first-order valence-electron chi connectivity index (χ1n) is 7.11. The van der Waals surface area contributed by atoms with Crippen molar-refractivity contribution in [3.63, 3.8) is 0 Å². The van der Waals surface area contributed by atoms with Gasteiger partial charge in [-0.25, -0.2) is 0 Å². The van der Waals surface area contributed by atoms with Gasteiger partial charge < -0.3 is 14.8 Å². The molecule has 21 heavy (non-hydrogen) atoms. The van der Waals surface area contributed by atoms with E-state index in [2.05, 4.69) is 23.3 Å². The van der Waals surface area contributed by atoms with E-state index in [4.69, 9.17) is 9.47 Å². The van der Waals surface area contributed by atoms with E-state index in [1.54, 1.807) is 19.5 Å². The number of hydrogen-bond acceptors (Lipinski definition) is 4. The van der Waals surface area contributed by atoms with Crippen LogP contribution in [0.1, 0.15) is 24.1 Å². The summed E-state index contributed by atoms with van der Waals surface area (Å²) in [5, 5.41) is 3.21.